The highest BCUT2D eigenvalue weighted by molar-refractivity contribution is 7.99. The van der Waals surface area contributed by atoms with Gasteiger partial charge in [-0.3, -0.25) is 9.52 Å². The molecule has 0 saturated carbocycles. The highest BCUT2D eigenvalue weighted by Gasteiger charge is 2.10. The van der Waals surface area contributed by atoms with Crippen LogP contribution in [0, 0.1) is 0 Å². The van der Waals surface area contributed by atoms with Crippen molar-refractivity contribution in [2.24, 2.45) is 0 Å². The van der Waals surface area contributed by atoms with Crippen LogP contribution in [0.5, 0.6) is 0 Å². The quantitative estimate of drug-likeness (QED) is 0.711. The Bertz CT molecular complexity index is 826. The van der Waals surface area contributed by atoms with Crippen molar-refractivity contribution in [3.05, 3.63) is 53.6 Å². The fraction of sp³-hybridized carbons (Fsp3) is 0.188. The predicted molar refractivity (Wildman–Crippen MR) is 100 cm³/mol. The zero-order chi connectivity index (χ0) is 17.6. The number of anilines is 2. The monoisotopic (exact) mass is 384 g/mol. The minimum absolute atomic E-state index is 0.197. The number of carbonyl (C=O) groups excluding carboxylic acids is 1. The van der Waals surface area contributed by atoms with Crippen molar-refractivity contribution in [1.82, 2.24) is 0 Å². The minimum Gasteiger partial charge on any atom is -0.324 e. The van der Waals surface area contributed by atoms with E-state index < -0.39 is 10.0 Å². The molecule has 0 unspecified atom stereocenters. The Kier molecular flexibility index (Phi) is 6.53. The van der Waals surface area contributed by atoms with Crippen molar-refractivity contribution in [2.75, 3.05) is 22.0 Å². The largest absolute Gasteiger partial charge is 0.324 e. The Hall–Kier alpha value is -1.70. The number of para-hydroxylation sites is 2. The van der Waals surface area contributed by atoms with Crippen molar-refractivity contribution < 1.29 is 13.2 Å². The lowest BCUT2D eigenvalue weighted by molar-refractivity contribution is -0.115. The molecule has 0 spiro atoms. The normalized spacial score (nSPS) is 11.1. The number of sulfonamides is 1. The van der Waals surface area contributed by atoms with Gasteiger partial charge in [0.2, 0.25) is 15.9 Å². The summed E-state index contributed by atoms with van der Waals surface area (Å²) in [5.41, 5.74) is 0.766. The second-order valence-corrected chi connectivity index (χ2v) is 8.29. The molecule has 24 heavy (non-hydrogen) atoms. The van der Waals surface area contributed by atoms with Gasteiger partial charge in [0.25, 0.3) is 0 Å². The maximum Gasteiger partial charge on any atom is 0.229 e. The van der Waals surface area contributed by atoms with E-state index in [0.29, 0.717) is 22.2 Å². The summed E-state index contributed by atoms with van der Waals surface area (Å²) in [6.07, 6.45) is 1.34. The first-order chi connectivity index (χ1) is 11.3. The number of nitrogens with one attached hydrogen (secondary N) is 2. The van der Waals surface area contributed by atoms with E-state index in [0.717, 1.165) is 11.2 Å². The molecule has 0 bridgehead atoms. The van der Waals surface area contributed by atoms with Crippen molar-refractivity contribution in [2.45, 2.75) is 11.3 Å². The van der Waals surface area contributed by atoms with Crippen LogP contribution in [0.25, 0.3) is 0 Å². The summed E-state index contributed by atoms with van der Waals surface area (Å²) in [6, 6.07) is 14.1. The average molecular weight is 385 g/mol. The van der Waals surface area contributed by atoms with E-state index in [-0.39, 0.29) is 12.3 Å². The third-order valence-corrected chi connectivity index (χ3v) is 5.03. The molecule has 0 heterocycles. The number of benzene rings is 2. The van der Waals surface area contributed by atoms with E-state index in [1.54, 1.807) is 30.3 Å². The van der Waals surface area contributed by atoms with Crippen LogP contribution in [0.1, 0.15) is 6.42 Å². The molecule has 0 aliphatic rings. The first-order valence-electron chi connectivity index (χ1n) is 7.09. The van der Waals surface area contributed by atoms with Gasteiger partial charge in [-0.2, -0.15) is 0 Å². The van der Waals surface area contributed by atoms with Crippen molar-refractivity contribution >= 4 is 50.7 Å². The summed E-state index contributed by atoms with van der Waals surface area (Å²) < 4.78 is 25.1. The zero-order valence-electron chi connectivity index (χ0n) is 13.0. The summed E-state index contributed by atoms with van der Waals surface area (Å²) in [6.45, 7) is 0. The first kappa shape index (κ1) is 18.6. The molecule has 2 aromatic carbocycles. The number of hydrogen-bond acceptors (Lipinski definition) is 4. The SMILES string of the molecule is CS(=O)(=O)Nc1ccccc1NC(=O)CCSc1ccccc1Cl. The van der Waals surface area contributed by atoms with Crippen molar-refractivity contribution in [1.29, 1.82) is 0 Å². The number of hydrogen-bond donors (Lipinski definition) is 2. The zero-order valence-corrected chi connectivity index (χ0v) is 15.3. The van der Waals surface area contributed by atoms with Gasteiger partial charge in [-0.1, -0.05) is 35.9 Å². The van der Waals surface area contributed by atoms with E-state index in [4.69, 9.17) is 11.6 Å². The number of carbonyl (C=O) groups is 1. The van der Waals surface area contributed by atoms with Gasteiger partial charge in [-0.15, -0.1) is 11.8 Å². The molecular weight excluding hydrogens is 368 g/mol. The number of thioether (sulfide) groups is 1. The van der Waals surface area contributed by atoms with Crippen LogP contribution < -0.4 is 10.0 Å². The standard InChI is InChI=1S/C16H17ClN2O3S2/c1-24(21,22)19-14-8-4-3-7-13(14)18-16(20)10-11-23-15-9-5-2-6-12(15)17/h2-9,19H,10-11H2,1H3,(H,18,20). The molecule has 5 nitrogen and oxygen atoms in total. The number of rotatable bonds is 7. The fourth-order valence-corrected chi connectivity index (χ4v) is 3.67. The molecule has 0 aliphatic heterocycles. The molecule has 0 saturated heterocycles. The van der Waals surface area contributed by atoms with E-state index >= 15 is 0 Å². The lowest BCUT2D eigenvalue weighted by Crippen LogP contribution is -2.16. The summed E-state index contributed by atoms with van der Waals surface area (Å²) in [4.78, 5) is 13.0. The minimum atomic E-state index is -3.41. The van der Waals surface area contributed by atoms with Gasteiger partial charge in [0.15, 0.2) is 0 Å². The third-order valence-electron chi connectivity index (χ3n) is 2.92. The van der Waals surface area contributed by atoms with Gasteiger partial charge in [0, 0.05) is 17.1 Å². The Morgan fingerprint density at radius 3 is 2.38 bits per heavy atom. The van der Waals surface area contributed by atoms with Crippen LogP contribution in [0.15, 0.2) is 53.4 Å². The predicted octanol–water partition coefficient (Wildman–Crippen LogP) is 3.83. The maximum atomic E-state index is 12.1. The highest BCUT2D eigenvalue weighted by atomic mass is 35.5. The highest BCUT2D eigenvalue weighted by Crippen LogP contribution is 2.27. The molecule has 0 radical (unpaired) electrons. The van der Waals surface area contributed by atoms with E-state index in [1.807, 2.05) is 18.2 Å². The van der Waals surface area contributed by atoms with Gasteiger partial charge in [-0.05, 0) is 24.3 Å². The molecule has 2 rings (SSSR count). The summed E-state index contributed by atoms with van der Waals surface area (Å²) in [5, 5.41) is 3.38. The Morgan fingerprint density at radius 1 is 1.08 bits per heavy atom. The smallest absolute Gasteiger partial charge is 0.229 e. The summed E-state index contributed by atoms with van der Waals surface area (Å²) >= 11 is 7.56. The van der Waals surface area contributed by atoms with E-state index in [2.05, 4.69) is 10.0 Å². The van der Waals surface area contributed by atoms with Crippen LogP contribution in [0.4, 0.5) is 11.4 Å². The topological polar surface area (TPSA) is 75.3 Å². The third kappa shape index (κ3) is 6.07. The molecule has 0 aliphatic carbocycles. The second-order valence-electron chi connectivity index (χ2n) is 5.00. The maximum absolute atomic E-state index is 12.1. The second kappa shape index (κ2) is 8.41. The number of halogens is 1. The van der Waals surface area contributed by atoms with Crippen LogP contribution in [-0.4, -0.2) is 26.3 Å². The first-order valence-corrected chi connectivity index (χ1v) is 10.3. The van der Waals surface area contributed by atoms with E-state index in [9.17, 15) is 13.2 Å². The Balaban J connectivity index is 1.92. The molecular formula is C16H17ClN2O3S2. The van der Waals surface area contributed by atoms with Crippen LogP contribution in [-0.2, 0) is 14.8 Å². The van der Waals surface area contributed by atoms with Gasteiger partial charge in [-0.25, -0.2) is 8.42 Å². The molecule has 0 fully saturated rings. The lowest BCUT2D eigenvalue weighted by Gasteiger charge is -2.11. The van der Waals surface area contributed by atoms with Crippen molar-refractivity contribution in [3.8, 4) is 0 Å². The van der Waals surface area contributed by atoms with Crippen LogP contribution >= 0.6 is 23.4 Å². The molecule has 128 valence electrons. The summed E-state index contributed by atoms with van der Waals surface area (Å²) in [7, 11) is -3.41. The van der Waals surface area contributed by atoms with Crippen LogP contribution in [0.3, 0.4) is 0 Å². The van der Waals surface area contributed by atoms with Crippen LogP contribution in [0.2, 0.25) is 5.02 Å². The Morgan fingerprint density at radius 2 is 1.71 bits per heavy atom. The molecule has 8 heteroatoms. The average Bonchev–Trinajstić information content (AvgIpc) is 2.50. The van der Waals surface area contributed by atoms with Gasteiger partial charge < -0.3 is 5.32 Å². The molecule has 2 N–H and O–H groups in total. The van der Waals surface area contributed by atoms with Gasteiger partial charge >= 0.3 is 0 Å². The Labute approximate surface area is 150 Å². The molecule has 1 amide bonds. The van der Waals surface area contributed by atoms with Crippen molar-refractivity contribution in [3.63, 3.8) is 0 Å². The molecule has 0 atom stereocenters. The summed E-state index contributed by atoms with van der Waals surface area (Å²) in [5.74, 6) is 0.370. The van der Waals surface area contributed by atoms with Gasteiger partial charge in [0.1, 0.15) is 0 Å². The number of amides is 1. The van der Waals surface area contributed by atoms with Gasteiger partial charge in [0.05, 0.1) is 22.7 Å². The molecule has 0 aromatic heterocycles. The molecule has 2 aromatic rings. The lowest BCUT2D eigenvalue weighted by atomic mass is 10.2. The fourth-order valence-electron chi connectivity index (χ4n) is 1.91. The van der Waals surface area contributed by atoms with E-state index in [1.165, 1.54) is 11.8 Å².